The average molecular weight is 503 g/mol. The van der Waals surface area contributed by atoms with Crippen LogP contribution in [0.4, 0.5) is 13.2 Å². The molecule has 0 atom stereocenters. The van der Waals surface area contributed by atoms with Crippen LogP contribution in [0.25, 0.3) is 22.6 Å². The first-order chi connectivity index (χ1) is 17.4. The maximum absolute atomic E-state index is 13.3. The summed E-state index contributed by atoms with van der Waals surface area (Å²) in [5.74, 6) is 0.307. The highest BCUT2D eigenvalue weighted by Gasteiger charge is 2.33. The number of rotatable bonds is 12. The van der Waals surface area contributed by atoms with Crippen molar-refractivity contribution in [3.63, 3.8) is 0 Å². The number of unbranched alkanes of at least 4 members (excludes halogenated alkanes) is 7. The van der Waals surface area contributed by atoms with Crippen LogP contribution in [0.2, 0.25) is 0 Å². The zero-order valence-corrected chi connectivity index (χ0v) is 20.2. The van der Waals surface area contributed by atoms with Crippen molar-refractivity contribution >= 4 is 11.0 Å². The van der Waals surface area contributed by atoms with Crippen LogP contribution in [0.3, 0.4) is 0 Å². The SMILES string of the molecule is CCCCCCCCCCn1cc(Cn2c(-c3ccco3)nc3nc(C(F)(F)F)ccc3c2=O)nn1. The molecule has 0 saturated heterocycles. The number of aromatic nitrogens is 6. The number of furan rings is 1. The Kier molecular flexibility index (Phi) is 8.17. The summed E-state index contributed by atoms with van der Waals surface area (Å²) in [7, 11) is 0. The Bertz CT molecular complexity index is 1330. The van der Waals surface area contributed by atoms with E-state index in [-0.39, 0.29) is 29.2 Å². The molecule has 0 saturated carbocycles. The second-order valence-corrected chi connectivity index (χ2v) is 8.82. The number of hydrogen-bond donors (Lipinski definition) is 0. The highest BCUT2D eigenvalue weighted by Crippen LogP contribution is 2.29. The Morgan fingerprint density at radius 1 is 0.972 bits per heavy atom. The van der Waals surface area contributed by atoms with Crippen molar-refractivity contribution in [1.29, 1.82) is 0 Å². The van der Waals surface area contributed by atoms with Gasteiger partial charge in [-0.1, -0.05) is 57.1 Å². The lowest BCUT2D eigenvalue weighted by Gasteiger charge is -2.12. The summed E-state index contributed by atoms with van der Waals surface area (Å²) in [6, 6.07) is 5.07. The van der Waals surface area contributed by atoms with Gasteiger partial charge >= 0.3 is 6.18 Å². The Morgan fingerprint density at radius 3 is 2.42 bits per heavy atom. The van der Waals surface area contributed by atoms with Gasteiger partial charge in [0, 0.05) is 6.54 Å². The molecular formula is C25H29F3N6O2. The van der Waals surface area contributed by atoms with Crippen molar-refractivity contribution in [2.75, 3.05) is 0 Å². The molecule has 4 rings (SSSR count). The first-order valence-electron chi connectivity index (χ1n) is 12.3. The summed E-state index contributed by atoms with van der Waals surface area (Å²) >= 11 is 0. The summed E-state index contributed by atoms with van der Waals surface area (Å²) in [5, 5.41) is 8.32. The molecule has 0 aliphatic carbocycles. The third kappa shape index (κ3) is 6.19. The van der Waals surface area contributed by atoms with E-state index in [1.54, 1.807) is 23.0 Å². The first-order valence-corrected chi connectivity index (χ1v) is 12.3. The zero-order chi connectivity index (χ0) is 25.5. The molecule has 0 aliphatic heterocycles. The van der Waals surface area contributed by atoms with Crippen LogP contribution < -0.4 is 5.56 Å². The minimum atomic E-state index is -4.65. The molecule has 36 heavy (non-hydrogen) atoms. The molecule has 0 N–H and O–H groups in total. The number of halogens is 3. The van der Waals surface area contributed by atoms with Crippen LogP contribution >= 0.6 is 0 Å². The van der Waals surface area contributed by atoms with Crippen LogP contribution in [-0.4, -0.2) is 29.5 Å². The number of nitrogens with zero attached hydrogens (tertiary/aromatic N) is 6. The molecule has 0 amide bonds. The summed E-state index contributed by atoms with van der Waals surface area (Å²) in [6.45, 7) is 2.97. The van der Waals surface area contributed by atoms with Gasteiger partial charge in [-0.2, -0.15) is 13.2 Å². The van der Waals surface area contributed by atoms with Crippen molar-refractivity contribution in [2.24, 2.45) is 0 Å². The van der Waals surface area contributed by atoms with Crippen molar-refractivity contribution < 1.29 is 17.6 Å². The van der Waals surface area contributed by atoms with E-state index in [1.165, 1.54) is 49.4 Å². The zero-order valence-electron chi connectivity index (χ0n) is 20.2. The minimum Gasteiger partial charge on any atom is -0.461 e. The third-order valence-electron chi connectivity index (χ3n) is 6.00. The standard InChI is InChI=1S/C25H29F3N6O2/c1-2-3-4-5-6-7-8-9-14-33-16-18(31-32-33)17-34-23(20-11-10-15-36-20)30-22-19(24(34)35)12-13-21(29-22)25(26,27)28/h10-13,15-16H,2-9,14,17H2,1H3. The largest absolute Gasteiger partial charge is 0.461 e. The molecule has 11 heteroatoms. The number of alkyl halides is 3. The van der Waals surface area contributed by atoms with Gasteiger partial charge in [-0.15, -0.1) is 5.10 Å². The lowest BCUT2D eigenvalue weighted by atomic mass is 10.1. The number of aryl methyl sites for hydroxylation is 1. The summed E-state index contributed by atoms with van der Waals surface area (Å²) in [6.07, 6.45) is 8.18. The maximum atomic E-state index is 13.3. The van der Waals surface area contributed by atoms with E-state index in [4.69, 9.17) is 4.42 Å². The molecule has 0 spiro atoms. The Morgan fingerprint density at radius 2 is 1.72 bits per heavy atom. The van der Waals surface area contributed by atoms with E-state index in [0.717, 1.165) is 31.5 Å². The molecule has 4 aromatic rings. The molecule has 0 unspecified atom stereocenters. The molecule has 4 aromatic heterocycles. The molecule has 0 aromatic carbocycles. The molecule has 0 bridgehead atoms. The molecule has 4 heterocycles. The molecule has 192 valence electrons. The van der Waals surface area contributed by atoms with Gasteiger partial charge < -0.3 is 4.42 Å². The van der Waals surface area contributed by atoms with Gasteiger partial charge in [0.2, 0.25) is 0 Å². The first kappa shape index (κ1) is 25.6. The maximum Gasteiger partial charge on any atom is 0.433 e. The van der Waals surface area contributed by atoms with Gasteiger partial charge in [0.15, 0.2) is 17.2 Å². The van der Waals surface area contributed by atoms with Crippen molar-refractivity contribution in [3.05, 3.63) is 58.5 Å². The van der Waals surface area contributed by atoms with Gasteiger partial charge in [0.25, 0.3) is 5.56 Å². The summed E-state index contributed by atoms with van der Waals surface area (Å²) < 4.78 is 47.9. The van der Waals surface area contributed by atoms with Crippen LogP contribution in [0.5, 0.6) is 0 Å². The van der Waals surface area contributed by atoms with Gasteiger partial charge in [-0.3, -0.25) is 14.0 Å². The second-order valence-electron chi connectivity index (χ2n) is 8.82. The fourth-order valence-corrected chi connectivity index (χ4v) is 4.09. The van der Waals surface area contributed by atoms with Crippen LogP contribution in [0.1, 0.15) is 69.7 Å². The predicted octanol–water partition coefficient (Wildman–Crippen LogP) is 5.85. The Hall–Kier alpha value is -3.50. The summed E-state index contributed by atoms with van der Waals surface area (Å²) in [4.78, 5) is 21.1. The van der Waals surface area contributed by atoms with Crippen LogP contribution in [0, 0.1) is 0 Å². The normalized spacial score (nSPS) is 12.0. The van der Waals surface area contributed by atoms with E-state index in [9.17, 15) is 18.0 Å². The molecule has 0 fully saturated rings. The second kappa shape index (κ2) is 11.5. The molecule has 0 aliphatic rings. The molecule has 8 nitrogen and oxygen atoms in total. The highest BCUT2D eigenvalue weighted by atomic mass is 19.4. The smallest absolute Gasteiger partial charge is 0.433 e. The highest BCUT2D eigenvalue weighted by molar-refractivity contribution is 5.75. The van der Waals surface area contributed by atoms with E-state index in [0.29, 0.717) is 5.69 Å². The van der Waals surface area contributed by atoms with Gasteiger partial charge in [0.05, 0.1) is 24.4 Å². The number of pyridine rings is 1. The predicted molar refractivity (Wildman–Crippen MR) is 128 cm³/mol. The van der Waals surface area contributed by atoms with Crippen LogP contribution in [0.15, 0.2) is 45.9 Å². The lowest BCUT2D eigenvalue weighted by Crippen LogP contribution is -2.25. The third-order valence-corrected chi connectivity index (χ3v) is 6.00. The van der Waals surface area contributed by atoms with Crippen molar-refractivity contribution in [1.82, 2.24) is 29.5 Å². The lowest BCUT2D eigenvalue weighted by molar-refractivity contribution is -0.141. The fourth-order valence-electron chi connectivity index (χ4n) is 4.09. The fraction of sp³-hybridized carbons (Fsp3) is 0.480. The Labute approximate surface area is 206 Å². The number of hydrogen-bond acceptors (Lipinski definition) is 6. The van der Waals surface area contributed by atoms with Gasteiger partial charge in [-0.05, 0) is 30.7 Å². The molecular weight excluding hydrogens is 473 g/mol. The minimum absolute atomic E-state index is 0.0235. The van der Waals surface area contributed by atoms with Crippen LogP contribution in [-0.2, 0) is 19.3 Å². The summed E-state index contributed by atoms with van der Waals surface area (Å²) in [5.41, 5.74) is -1.42. The van der Waals surface area contributed by atoms with E-state index < -0.39 is 17.4 Å². The monoisotopic (exact) mass is 502 g/mol. The van der Waals surface area contributed by atoms with E-state index in [2.05, 4.69) is 27.2 Å². The van der Waals surface area contributed by atoms with Crippen molar-refractivity contribution in [3.8, 4) is 11.6 Å². The van der Waals surface area contributed by atoms with E-state index >= 15 is 0 Å². The number of fused-ring (bicyclic) bond motifs is 1. The van der Waals surface area contributed by atoms with E-state index in [1.807, 2.05) is 0 Å². The average Bonchev–Trinajstić information content (AvgIpc) is 3.54. The molecule has 0 radical (unpaired) electrons. The van der Waals surface area contributed by atoms with Gasteiger partial charge in [-0.25, -0.2) is 9.97 Å². The van der Waals surface area contributed by atoms with Crippen molar-refractivity contribution in [2.45, 2.75) is 77.6 Å². The van der Waals surface area contributed by atoms with Gasteiger partial charge in [0.1, 0.15) is 11.4 Å². The Balaban J connectivity index is 1.51. The quantitative estimate of drug-likeness (QED) is 0.226. The topological polar surface area (TPSA) is 91.6 Å².